The fourth-order valence-corrected chi connectivity index (χ4v) is 4.89. The Morgan fingerprint density at radius 1 is 0.824 bits per heavy atom. The van der Waals surface area contributed by atoms with Gasteiger partial charge in [0.25, 0.3) is 0 Å². The van der Waals surface area contributed by atoms with Crippen LogP contribution in [-0.4, -0.2) is 17.8 Å². The summed E-state index contributed by atoms with van der Waals surface area (Å²) in [6.07, 6.45) is 3.28. The molecule has 1 aliphatic heterocycles. The third-order valence-electron chi connectivity index (χ3n) is 6.64. The van der Waals surface area contributed by atoms with Gasteiger partial charge in [0, 0.05) is 0 Å². The maximum Gasteiger partial charge on any atom is 0.323 e. The number of fused-ring (bicyclic) bond motifs is 1. The van der Waals surface area contributed by atoms with Crippen molar-refractivity contribution >= 4 is 23.5 Å². The lowest BCUT2D eigenvalue weighted by atomic mass is 9.82. The summed E-state index contributed by atoms with van der Waals surface area (Å²) in [5, 5.41) is 0. The van der Waals surface area contributed by atoms with Crippen LogP contribution in [0, 0.1) is 11.8 Å². The van der Waals surface area contributed by atoms with E-state index in [2.05, 4.69) is 0 Å². The number of carbonyl (C=O) groups excluding carboxylic acids is 3. The van der Waals surface area contributed by atoms with Gasteiger partial charge in [0.15, 0.2) is 0 Å². The predicted octanol–water partition coefficient (Wildman–Crippen LogP) is 5.27. The molecule has 1 heterocycles. The molecule has 2 amide bonds. The van der Waals surface area contributed by atoms with E-state index in [0.717, 1.165) is 16.7 Å². The number of esters is 1. The zero-order valence-electron chi connectivity index (χ0n) is 18.9. The van der Waals surface area contributed by atoms with E-state index >= 15 is 0 Å². The van der Waals surface area contributed by atoms with Gasteiger partial charge in [-0.25, -0.2) is 0 Å². The van der Waals surface area contributed by atoms with Gasteiger partial charge in [0.2, 0.25) is 11.8 Å². The lowest BCUT2D eigenvalue weighted by Gasteiger charge is -2.19. The Bertz CT molecular complexity index is 1210. The number of hydrogen-bond acceptors (Lipinski definition) is 4. The molecule has 1 aliphatic carbocycles. The van der Waals surface area contributed by atoms with Crippen LogP contribution in [0.25, 0.3) is 0 Å². The molecule has 170 valence electrons. The number of benzene rings is 3. The number of allylic oxidation sites excluding steroid dienone is 2. The molecule has 2 unspecified atom stereocenters. The monoisotopic (exact) mass is 451 g/mol. The number of hydrogen-bond donors (Lipinski definition) is 0. The van der Waals surface area contributed by atoms with Crippen LogP contribution in [0.15, 0.2) is 96.6 Å². The average Bonchev–Trinajstić information content (AvgIpc) is 3.10. The summed E-state index contributed by atoms with van der Waals surface area (Å²) < 4.78 is 5.73. The molecule has 0 spiro atoms. The van der Waals surface area contributed by atoms with E-state index in [-0.39, 0.29) is 23.7 Å². The molecule has 3 aromatic rings. The molecule has 1 saturated heterocycles. The van der Waals surface area contributed by atoms with E-state index in [1.807, 2.05) is 73.7 Å². The zero-order valence-corrected chi connectivity index (χ0v) is 18.9. The molecule has 5 rings (SSSR count). The lowest BCUT2D eigenvalue weighted by Crippen LogP contribution is -2.30. The summed E-state index contributed by atoms with van der Waals surface area (Å²) in [6.45, 7) is 2.00. The molecule has 0 aromatic heterocycles. The van der Waals surface area contributed by atoms with Crippen LogP contribution < -0.4 is 9.64 Å². The van der Waals surface area contributed by atoms with Crippen LogP contribution in [0.1, 0.15) is 36.8 Å². The first kappa shape index (κ1) is 21.8. The second-order valence-corrected chi connectivity index (χ2v) is 8.88. The fraction of sp³-hybridized carbons (Fsp3) is 0.207. The first-order valence-corrected chi connectivity index (χ1v) is 11.5. The van der Waals surface area contributed by atoms with Gasteiger partial charge in [0.05, 0.1) is 17.5 Å². The number of anilines is 1. The lowest BCUT2D eigenvalue weighted by molar-refractivity contribution is -0.135. The first-order valence-electron chi connectivity index (χ1n) is 11.5. The fourth-order valence-electron chi connectivity index (χ4n) is 4.89. The van der Waals surface area contributed by atoms with Gasteiger partial charge in [-0.2, -0.15) is 0 Å². The molecule has 5 nitrogen and oxygen atoms in total. The van der Waals surface area contributed by atoms with Gasteiger partial charge in [0.1, 0.15) is 11.7 Å². The highest BCUT2D eigenvalue weighted by Gasteiger charge is 2.48. The van der Waals surface area contributed by atoms with Crippen molar-refractivity contribution in [2.45, 2.75) is 25.7 Å². The zero-order chi connectivity index (χ0) is 23.7. The second kappa shape index (κ2) is 9.10. The van der Waals surface area contributed by atoms with Crippen molar-refractivity contribution in [3.05, 3.63) is 108 Å². The summed E-state index contributed by atoms with van der Waals surface area (Å²) in [5.74, 6) is -1.48. The number of carbonyl (C=O) groups is 3. The largest absolute Gasteiger partial charge is 0.426 e. The highest BCUT2D eigenvalue weighted by Crippen LogP contribution is 2.40. The molecule has 1 fully saturated rings. The Morgan fingerprint density at radius 3 is 1.97 bits per heavy atom. The maximum atomic E-state index is 13.2. The van der Waals surface area contributed by atoms with E-state index in [4.69, 9.17) is 4.74 Å². The van der Waals surface area contributed by atoms with E-state index < -0.39 is 11.9 Å². The third-order valence-corrected chi connectivity index (χ3v) is 6.64. The molecule has 0 bridgehead atoms. The first-order chi connectivity index (χ1) is 16.5. The average molecular weight is 452 g/mol. The van der Waals surface area contributed by atoms with Crippen molar-refractivity contribution in [3.8, 4) is 5.75 Å². The molecule has 3 aromatic carbocycles. The van der Waals surface area contributed by atoms with Crippen LogP contribution >= 0.6 is 0 Å². The molecular formula is C29H25NO4. The van der Waals surface area contributed by atoms with Gasteiger partial charge in [-0.1, -0.05) is 72.3 Å². The van der Waals surface area contributed by atoms with Gasteiger partial charge < -0.3 is 4.74 Å². The molecular weight excluding hydrogens is 426 g/mol. The van der Waals surface area contributed by atoms with Crippen LogP contribution in [-0.2, 0) is 14.4 Å². The Balaban J connectivity index is 1.35. The summed E-state index contributed by atoms with van der Waals surface area (Å²) >= 11 is 0. The van der Waals surface area contributed by atoms with Crippen molar-refractivity contribution in [1.29, 1.82) is 0 Å². The number of imide groups is 1. The van der Waals surface area contributed by atoms with Gasteiger partial charge in [-0.15, -0.1) is 0 Å². The summed E-state index contributed by atoms with van der Waals surface area (Å²) in [4.78, 5) is 40.4. The highest BCUT2D eigenvalue weighted by molar-refractivity contribution is 6.22. The van der Waals surface area contributed by atoms with Crippen molar-refractivity contribution in [1.82, 2.24) is 0 Å². The number of nitrogens with zero attached hydrogens (tertiary/aromatic N) is 1. The SMILES string of the molecule is CC1=CCC2C(=O)N(c3ccc(OC(=O)C(c4ccccc4)c4ccccc4)cc3)C(=O)C2C1. The van der Waals surface area contributed by atoms with E-state index in [0.29, 0.717) is 24.3 Å². The van der Waals surface area contributed by atoms with Crippen molar-refractivity contribution in [2.24, 2.45) is 11.8 Å². The Morgan fingerprint density at radius 2 is 1.38 bits per heavy atom. The quantitative estimate of drug-likeness (QED) is 0.229. The number of rotatable bonds is 5. The minimum atomic E-state index is -0.567. The maximum absolute atomic E-state index is 13.2. The summed E-state index contributed by atoms with van der Waals surface area (Å²) in [6, 6.07) is 25.6. The summed E-state index contributed by atoms with van der Waals surface area (Å²) in [5.41, 5.74) is 3.34. The standard InChI is InChI=1S/C29H25NO4/c1-19-12-17-24-25(18-19)28(32)30(27(24)31)22-13-15-23(16-14-22)34-29(33)26(20-8-4-2-5-9-20)21-10-6-3-7-11-21/h2-16,24-26H,17-18H2,1H3. The minimum Gasteiger partial charge on any atom is -0.426 e. The molecule has 0 saturated carbocycles. The Hall–Kier alpha value is -3.99. The van der Waals surface area contributed by atoms with Crippen LogP contribution in [0.3, 0.4) is 0 Å². The minimum absolute atomic E-state index is 0.152. The third kappa shape index (κ3) is 4.05. The number of amides is 2. The normalized spacial score (nSPS) is 19.7. The van der Waals surface area contributed by atoms with Crippen molar-refractivity contribution in [2.75, 3.05) is 4.90 Å². The van der Waals surface area contributed by atoms with E-state index in [1.54, 1.807) is 24.3 Å². The highest BCUT2D eigenvalue weighted by atomic mass is 16.5. The smallest absolute Gasteiger partial charge is 0.323 e. The Kier molecular flexibility index (Phi) is 5.84. The van der Waals surface area contributed by atoms with Crippen molar-refractivity contribution < 1.29 is 19.1 Å². The van der Waals surface area contributed by atoms with Crippen LogP contribution in [0.4, 0.5) is 5.69 Å². The molecule has 2 atom stereocenters. The topological polar surface area (TPSA) is 63.7 Å². The van der Waals surface area contributed by atoms with Gasteiger partial charge in [-0.3, -0.25) is 19.3 Å². The molecule has 0 N–H and O–H groups in total. The molecule has 2 aliphatic rings. The Labute approximate surface area is 198 Å². The molecule has 5 heteroatoms. The van der Waals surface area contributed by atoms with Crippen LogP contribution in [0.5, 0.6) is 5.75 Å². The molecule has 34 heavy (non-hydrogen) atoms. The van der Waals surface area contributed by atoms with Gasteiger partial charge >= 0.3 is 5.97 Å². The van der Waals surface area contributed by atoms with Crippen LogP contribution in [0.2, 0.25) is 0 Å². The summed E-state index contributed by atoms with van der Waals surface area (Å²) in [7, 11) is 0. The predicted molar refractivity (Wildman–Crippen MR) is 129 cm³/mol. The van der Waals surface area contributed by atoms with Crippen molar-refractivity contribution in [3.63, 3.8) is 0 Å². The molecule has 0 radical (unpaired) electrons. The van der Waals surface area contributed by atoms with E-state index in [9.17, 15) is 14.4 Å². The van der Waals surface area contributed by atoms with E-state index in [1.165, 1.54) is 4.90 Å². The van der Waals surface area contributed by atoms with Gasteiger partial charge in [-0.05, 0) is 55.2 Å². The number of ether oxygens (including phenoxy) is 1. The second-order valence-electron chi connectivity index (χ2n) is 8.88.